The van der Waals surface area contributed by atoms with E-state index >= 15 is 0 Å². The number of rotatable bonds is 4. The summed E-state index contributed by atoms with van der Waals surface area (Å²) in [5.74, 6) is -0.433. The van der Waals surface area contributed by atoms with Crippen LogP contribution in [0, 0.1) is 6.92 Å². The van der Waals surface area contributed by atoms with Crippen LogP contribution in [0.15, 0.2) is 24.3 Å². The molecule has 0 aromatic heterocycles. The maximum absolute atomic E-state index is 12.7. The fourth-order valence-electron chi connectivity index (χ4n) is 3.26. The highest BCUT2D eigenvalue weighted by molar-refractivity contribution is 6.21. The van der Waals surface area contributed by atoms with Crippen molar-refractivity contribution < 1.29 is 19.1 Å². The highest BCUT2D eigenvalue weighted by atomic mass is 16.5. The van der Waals surface area contributed by atoms with Crippen LogP contribution in [0.5, 0.6) is 0 Å². The zero-order valence-electron chi connectivity index (χ0n) is 13.8. The normalized spacial score (nSPS) is 23.4. The minimum absolute atomic E-state index is 0.00670. The van der Waals surface area contributed by atoms with Gasteiger partial charge in [-0.15, -0.1) is 0 Å². The van der Waals surface area contributed by atoms with E-state index in [0.717, 1.165) is 5.56 Å². The van der Waals surface area contributed by atoms with Crippen LogP contribution in [0.1, 0.15) is 18.4 Å². The quantitative estimate of drug-likeness (QED) is 0.837. The van der Waals surface area contributed by atoms with Crippen LogP contribution in [0.2, 0.25) is 0 Å². The Kier molecular flexibility index (Phi) is 4.53. The van der Waals surface area contributed by atoms with Crippen molar-refractivity contribution in [2.45, 2.75) is 31.8 Å². The summed E-state index contributed by atoms with van der Waals surface area (Å²) >= 11 is 0. The SMILES string of the molecule is COCC(=O)N[C@H]1CCN2C(=O)N(c3ccc(C)cc3)C(=O)[C@@H]2C1. The van der Waals surface area contributed by atoms with Crippen LogP contribution in [-0.2, 0) is 14.3 Å². The number of carbonyl (C=O) groups is 3. The molecule has 0 unspecified atom stereocenters. The number of carbonyl (C=O) groups excluding carboxylic acids is 3. The zero-order valence-corrected chi connectivity index (χ0v) is 13.8. The van der Waals surface area contributed by atoms with Crippen molar-refractivity contribution in [2.75, 3.05) is 25.2 Å². The second-order valence-electron chi connectivity index (χ2n) is 6.22. The highest BCUT2D eigenvalue weighted by Gasteiger charge is 2.48. The van der Waals surface area contributed by atoms with Crippen LogP contribution in [0.3, 0.4) is 0 Å². The number of methoxy groups -OCH3 is 1. The molecule has 7 nitrogen and oxygen atoms in total. The molecule has 7 heteroatoms. The molecule has 0 bridgehead atoms. The molecule has 1 N–H and O–H groups in total. The number of piperidine rings is 1. The van der Waals surface area contributed by atoms with Gasteiger partial charge in [-0.25, -0.2) is 9.69 Å². The predicted octanol–water partition coefficient (Wildman–Crippen LogP) is 1.06. The van der Waals surface area contributed by atoms with Gasteiger partial charge in [0.05, 0.1) is 5.69 Å². The molecule has 2 aliphatic heterocycles. The molecule has 0 spiro atoms. The van der Waals surface area contributed by atoms with E-state index in [-0.39, 0.29) is 30.5 Å². The van der Waals surface area contributed by atoms with Gasteiger partial charge in [-0.05, 0) is 31.9 Å². The average Bonchev–Trinajstić information content (AvgIpc) is 2.80. The van der Waals surface area contributed by atoms with Gasteiger partial charge in [0.15, 0.2) is 0 Å². The lowest BCUT2D eigenvalue weighted by atomic mass is 9.98. The zero-order chi connectivity index (χ0) is 17.3. The van der Waals surface area contributed by atoms with Crippen molar-refractivity contribution in [1.29, 1.82) is 0 Å². The van der Waals surface area contributed by atoms with Gasteiger partial charge in [-0.3, -0.25) is 9.59 Å². The molecule has 0 saturated carbocycles. The summed E-state index contributed by atoms with van der Waals surface area (Å²) in [6, 6.07) is 6.39. The Balaban J connectivity index is 1.73. The largest absolute Gasteiger partial charge is 0.375 e. The van der Waals surface area contributed by atoms with E-state index in [1.807, 2.05) is 19.1 Å². The van der Waals surface area contributed by atoms with E-state index in [9.17, 15) is 14.4 Å². The van der Waals surface area contributed by atoms with E-state index in [4.69, 9.17) is 4.74 Å². The molecule has 128 valence electrons. The Hall–Kier alpha value is -2.41. The molecule has 24 heavy (non-hydrogen) atoms. The first kappa shape index (κ1) is 16.4. The van der Waals surface area contributed by atoms with Crippen LogP contribution in [-0.4, -0.2) is 55.1 Å². The van der Waals surface area contributed by atoms with E-state index in [1.54, 1.807) is 17.0 Å². The number of nitrogens with zero attached hydrogens (tertiary/aromatic N) is 2. The van der Waals surface area contributed by atoms with E-state index < -0.39 is 6.04 Å². The van der Waals surface area contributed by atoms with Crippen molar-refractivity contribution in [1.82, 2.24) is 10.2 Å². The van der Waals surface area contributed by atoms with Crippen molar-refractivity contribution in [3.63, 3.8) is 0 Å². The summed E-state index contributed by atoms with van der Waals surface area (Å²) in [5, 5.41) is 2.86. The number of imide groups is 1. The topological polar surface area (TPSA) is 79.0 Å². The monoisotopic (exact) mass is 331 g/mol. The predicted molar refractivity (Wildman–Crippen MR) is 87.6 cm³/mol. The first-order valence-corrected chi connectivity index (χ1v) is 8.01. The number of nitrogens with one attached hydrogen (secondary N) is 1. The Morgan fingerprint density at radius 1 is 1.29 bits per heavy atom. The van der Waals surface area contributed by atoms with Crippen molar-refractivity contribution in [3.8, 4) is 0 Å². The number of anilines is 1. The molecule has 2 aliphatic rings. The summed E-state index contributed by atoms with van der Waals surface area (Å²) < 4.78 is 4.80. The number of urea groups is 1. The van der Waals surface area contributed by atoms with Gasteiger partial charge in [-0.1, -0.05) is 17.7 Å². The molecule has 2 atom stereocenters. The second kappa shape index (κ2) is 6.60. The minimum atomic E-state index is -0.514. The van der Waals surface area contributed by atoms with Gasteiger partial charge in [0.2, 0.25) is 5.91 Å². The van der Waals surface area contributed by atoms with Crippen LogP contribution < -0.4 is 10.2 Å². The average molecular weight is 331 g/mol. The third kappa shape index (κ3) is 2.99. The molecule has 2 fully saturated rings. The van der Waals surface area contributed by atoms with Gasteiger partial charge in [0.1, 0.15) is 12.6 Å². The van der Waals surface area contributed by atoms with Crippen LogP contribution >= 0.6 is 0 Å². The van der Waals surface area contributed by atoms with Gasteiger partial charge in [0.25, 0.3) is 5.91 Å². The third-order valence-electron chi connectivity index (χ3n) is 4.48. The molecule has 2 heterocycles. The molecule has 4 amide bonds. The first-order valence-electron chi connectivity index (χ1n) is 8.01. The number of fused-ring (bicyclic) bond motifs is 1. The lowest BCUT2D eigenvalue weighted by molar-refractivity contribution is -0.127. The Bertz CT molecular complexity index is 658. The fourth-order valence-corrected chi connectivity index (χ4v) is 3.26. The number of hydrogen-bond acceptors (Lipinski definition) is 4. The molecule has 1 aromatic rings. The standard InChI is InChI=1S/C17H21N3O4/c1-11-3-5-13(6-4-11)20-16(22)14-9-12(18-15(21)10-24-2)7-8-19(14)17(20)23/h3-6,12,14H,7-10H2,1-2H3,(H,18,21)/t12-,14-/m0/s1. The highest BCUT2D eigenvalue weighted by Crippen LogP contribution is 2.30. The van der Waals surface area contributed by atoms with E-state index in [0.29, 0.717) is 25.1 Å². The minimum Gasteiger partial charge on any atom is -0.375 e. The summed E-state index contributed by atoms with van der Waals surface area (Å²) in [6.45, 7) is 2.40. The molecule has 0 radical (unpaired) electrons. The molecule has 0 aliphatic carbocycles. The lowest BCUT2D eigenvalue weighted by Crippen LogP contribution is -2.50. The number of amides is 4. The second-order valence-corrected chi connectivity index (χ2v) is 6.22. The Morgan fingerprint density at radius 2 is 2.00 bits per heavy atom. The van der Waals surface area contributed by atoms with Crippen LogP contribution in [0.4, 0.5) is 10.5 Å². The summed E-state index contributed by atoms with van der Waals surface area (Å²) in [7, 11) is 1.46. The number of aryl methyl sites for hydroxylation is 1. The van der Waals surface area contributed by atoms with Crippen molar-refractivity contribution in [2.24, 2.45) is 0 Å². The summed E-state index contributed by atoms with van der Waals surface area (Å²) in [5.41, 5.74) is 1.65. The molecule has 1 aromatic carbocycles. The van der Waals surface area contributed by atoms with Crippen molar-refractivity contribution >= 4 is 23.5 Å². The summed E-state index contributed by atoms with van der Waals surface area (Å²) in [6.07, 6.45) is 1.06. The first-order chi connectivity index (χ1) is 11.5. The molecule has 3 rings (SSSR count). The lowest BCUT2D eigenvalue weighted by Gasteiger charge is -2.32. The van der Waals surface area contributed by atoms with Gasteiger partial charge in [-0.2, -0.15) is 0 Å². The van der Waals surface area contributed by atoms with Gasteiger partial charge >= 0.3 is 6.03 Å². The smallest absolute Gasteiger partial charge is 0.332 e. The molecular formula is C17H21N3O4. The van der Waals surface area contributed by atoms with Crippen LogP contribution in [0.25, 0.3) is 0 Å². The maximum Gasteiger partial charge on any atom is 0.332 e. The van der Waals surface area contributed by atoms with E-state index in [2.05, 4.69) is 5.32 Å². The van der Waals surface area contributed by atoms with Gasteiger partial charge < -0.3 is 15.0 Å². The Morgan fingerprint density at radius 3 is 2.67 bits per heavy atom. The molecular weight excluding hydrogens is 310 g/mol. The fraction of sp³-hybridized carbons (Fsp3) is 0.471. The number of hydrogen-bond donors (Lipinski definition) is 1. The number of benzene rings is 1. The summed E-state index contributed by atoms with van der Waals surface area (Å²) in [4.78, 5) is 39.8. The van der Waals surface area contributed by atoms with Gasteiger partial charge in [0, 0.05) is 19.7 Å². The third-order valence-corrected chi connectivity index (χ3v) is 4.48. The number of ether oxygens (including phenoxy) is 1. The Labute approximate surface area is 140 Å². The van der Waals surface area contributed by atoms with E-state index in [1.165, 1.54) is 12.0 Å². The maximum atomic E-state index is 12.7. The molecule has 2 saturated heterocycles. The van der Waals surface area contributed by atoms with Crippen molar-refractivity contribution in [3.05, 3.63) is 29.8 Å².